The lowest BCUT2D eigenvalue weighted by Crippen LogP contribution is -2.26. The summed E-state index contributed by atoms with van der Waals surface area (Å²) in [5, 5.41) is 8.76. The number of aliphatic hydroxyl groups is 1. The number of carbonyl (C=O) groups is 1. The molecular weight excluding hydrogens is 264 g/mol. The Morgan fingerprint density at radius 1 is 1.38 bits per heavy atom. The first-order chi connectivity index (χ1) is 10.1. The minimum absolute atomic E-state index is 0.126. The Morgan fingerprint density at radius 2 is 2.19 bits per heavy atom. The van der Waals surface area contributed by atoms with Gasteiger partial charge in [-0.1, -0.05) is 11.8 Å². The number of pyridine rings is 1. The SMILES string of the molecule is Cc1cc(C#CCO)cc(C(=O)N(C)c2cccnc2)c1. The minimum atomic E-state index is -0.202. The number of amides is 1. The smallest absolute Gasteiger partial charge is 0.258 e. The molecule has 0 aliphatic carbocycles. The van der Waals surface area contributed by atoms with Crippen molar-refractivity contribution in [2.75, 3.05) is 18.6 Å². The summed E-state index contributed by atoms with van der Waals surface area (Å²) < 4.78 is 0. The van der Waals surface area contributed by atoms with Gasteiger partial charge in [0.15, 0.2) is 0 Å². The van der Waals surface area contributed by atoms with Crippen molar-refractivity contribution < 1.29 is 9.90 Å². The van der Waals surface area contributed by atoms with Crippen LogP contribution in [-0.2, 0) is 0 Å². The molecule has 4 nitrogen and oxygen atoms in total. The van der Waals surface area contributed by atoms with Crippen LogP contribution < -0.4 is 4.90 Å². The summed E-state index contributed by atoms with van der Waals surface area (Å²) in [4.78, 5) is 18.1. The molecule has 106 valence electrons. The number of rotatable bonds is 2. The van der Waals surface area contributed by atoms with Crippen LogP contribution in [0.25, 0.3) is 0 Å². The van der Waals surface area contributed by atoms with Gasteiger partial charge in [-0.15, -0.1) is 0 Å². The van der Waals surface area contributed by atoms with Gasteiger partial charge in [0.2, 0.25) is 0 Å². The number of benzene rings is 1. The molecule has 0 aliphatic rings. The van der Waals surface area contributed by atoms with Crippen molar-refractivity contribution in [3.8, 4) is 11.8 Å². The van der Waals surface area contributed by atoms with Gasteiger partial charge in [0.1, 0.15) is 6.61 Å². The van der Waals surface area contributed by atoms with Crippen molar-refractivity contribution in [2.45, 2.75) is 6.92 Å². The van der Waals surface area contributed by atoms with Crippen molar-refractivity contribution >= 4 is 11.6 Å². The Labute approximate surface area is 124 Å². The van der Waals surface area contributed by atoms with Crippen LogP contribution in [0.5, 0.6) is 0 Å². The zero-order chi connectivity index (χ0) is 15.2. The highest BCUT2D eigenvalue weighted by Gasteiger charge is 2.14. The summed E-state index contributed by atoms with van der Waals surface area (Å²) in [6.45, 7) is 1.71. The monoisotopic (exact) mass is 280 g/mol. The van der Waals surface area contributed by atoms with Gasteiger partial charge in [-0.05, 0) is 42.8 Å². The number of carbonyl (C=O) groups excluding carboxylic acids is 1. The zero-order valence-corrected chi connectivity index (χ0v) is 12.0. The van der Waals surface area contributed by atoms with E-state index < -0.39 is 0 Å². The average molecular weight is 280 g/mol. The second kappa shape index (κ2) is 6.69. The molecule has 0 saturated heterocycles. The topological polar surface area (TPSA) is 53.4 Å². The molecule has 0 radical (unpaired) electrons. The summed E-state index contributed by atoms with van der Waals surface area (Å²) in [6, 6.07) is 9.04. The molecule has 1 aromatic heterocycles. The second-order valence-electron chi connectivity index (χ2n) is 4.62. The fourth-order valence-electron chi connectivity index (χ4n) is 1.98. The van der Waals surface area contributed by atoms with E-state index in [0.29, 0.717) is 11.1 Å². The Hall–Kier alpha value is -2.64. The molecule has 0 saturated carbocycles. The third kappa shape index (κ3) is 3.68. The number of hydrogen-bond donors (Lipinski definition) is 1. The van der Waals surface area contributed by atoms with Gasteiger partial charge < -0.3 is 10.0 Å². The van der Waals surface area contributed by atoms with E-state index >= 15 is 0 Å². The molecule has 0 aliphatic heterocycles. The summed E-state index contributed by atoms with van der Waals surface area (Å²) in [5.41, 5.74) is 2.95. The molecule has 1 amide bonds. The first-order valence-electron chi connectivity index (χ1n) is 6.51. The molecule has 0 fully saturated rings. The van der Waals surface area contributed by atoms with E-state index in [1.807, 2.05) is 25.1 Å². The summed E-state index contributed by atoms with van der Waals surface area (Å²) in [6.07, 6.45) is 3.30. The first kappa shape index (κ1) is 14.8. The van der Waals surface area contributed by atoms with Gasteiger partial charge in [-0.3, -0.25) is 9.78 Å². The minimum Gasteiger partial charge on any atom is -0.384 e. The standard InChI is InChI=1S/C17H16N2O2/c1-13-9-14(5-4-8-20)11-15(10-13)17(21)19(2)16-6-3-7-18-12-16/h3,6-7,9-12,20H,8H2,1-2H3. The number of aliphatic hydroxyl groups excluding tert-OH is 1. The fraction of sp³-hybridized carbons (Fsp3) is 0.176. The average Bonchev–Trinajstić information content (AvgIpc) is 2.51. The third-order valence-corrected chi connectivity index (χ3v) is 2.97. The lowest BCUT2D eigenvalue weighted by Gasteiger charge is -2.17. The molecule has 0 atom stereocenters. The van der Waals surface area contributed by atoms with Crippen LogP contribution in [0.15, 0.2) is 42.7 Å². The molecule has 2 aromatic rings. The molecule has 0 unspecified atom stereocenters. The van der Waals surface area contributed by atoms with Crippen molar-refractivity contribution in [1.29, 1.82) is 0 Å². The maximum Gasteiger partial charge on any atom is 0.258 e. The number of aryl methyl sites for hydroxylation is 1. The zero-order valence-electron chi connectivity index (χ0n) is 12.0. The molecule has 1 heterocycles. The van der Waals surface area contributed by atoms with E-state index in [1.165, 1.54) is 0 Å². The second-order valence-corrected chi connectivity index (χ2v) is 4.62. The van der Waals surface area contributed by atoms with Crippen molar-refractivity contribution in [1.82, 2.24) is 4.98 Å². The van der Waals surface area contributed by atoms with Crippen LogP contribution in [0.4, 0.5) is 5.69 Å². The lowest BCUT2D eigenvalue weighted by molar-refractivity contribution is 0.0993. The van der Waals surface area contributed by atoms with E-state index in [0.717, 1.165) is 11.3 Å². The molecule has 0 spiro atoms. The molecule has 0 bridgehead atoms. The number of nitrogens with zero attached hydrogens (tertiary/aromatic N) is 2. The Balaban J connectivity index is 2.33. The van der Waals surface area contributed by atoms with E-state index in [9.17, 15) is 4.79 Å². The van der Waals surface area contributed by atoms with E-state index in [2.05, 4.69) is 16.8 Å². The molecule has 1 aromatic carbocycles. The van der Waals surface area contributed by atoms with Crippen molar-refractivity contribution in [3.05, 3.63) is 59.4 Å². The maximum atomic E-state index is 12.5. The molecular formula is C17H16N2O2. The van der Waals surface area contributed by atoms with Crippen LogP contribution >= 0.6 is 0 Å². The van der Waals surface area contributed by atoms with Crippen LogP contribution in [0.1, 0.15) is 21.5 Å². The Bertz CT molecular complexity index is 700. The van der Waals surface area contributed by atoms with Crippen molar-refractivity contribution in [2.24, 2.45) is 0 Å². The highest BCUT2D eigenvalue weighted by atomic mass is 16.2. The van der Waals surface area contributed by atoms with Crippen LogP contribution in [0.2, 0.25) is 0 Å². The summed E-state index contributed by atoms with van der Waals surface area (Å²) in [5.74, 6) is 5.29. The normalized spacial score (nSPS) is 9.67. The largest absolute Gasteiger partial charge is 0.384 e. The first-order valence-corrected chi connectivity index (χ1v) is 6.51. The van der Waals surface area contributed by atoms with Crippen LogP contribution in [-0.4, -0.2) is 29.7 Å². The Kier molecular flexibility index (Phi) is 4.70. The predicted molar refractivity (Wildman–Crippen MR) is 82.1 cm³/mol. The molecule has 1 N–H and O–H groups in total. The quantitative estimate of drug-likeness (QED) is 0.856. The maximum absolute atomic E-state index is 12.5. The Morgan fingerprint density at radius 3 is 2.86 bits per heavy atom. The molecule has 4 heteroatoms. The van der Waals surface area contributed by atoms with E-state index in [4.69, 9.17) is 5.11 Å². The molecule has 21 heavy (non-hydrogen) atoms. The summed E-state index contributed by atoms with van der Waals surface area (Å²) >= 11 is 0. The van der Waals surface area contributed by atoms with Gasteiger partial charge in [0.05, 0.1) is 11.9 Å². The highest BCUT2D eigenvalue weighted by molar-refractivity contribution is 6.05. The number of aromatic nitrogens is 1. The summed E-state index contributed by atoms with van der Waals surface area (Å²) in [7, 11) is 1.71. The highest BCUT2D eigenvalue weighted by Crippen LogP contribution is 2.16. The van der Waals surface area contributed by atoms with E-state index in [1.54, 1.807) is 36.5 Å². The van der Waals surface area contributed by atoms with Crippen molar-refractivity contribution in [3.63, 3.8) is 0 Å². The number of anilines is 1. The van der Waals surface area contributed by atoms with Crippen LogP contribution in [0, 0.1) is 18.8 Å². The predicted octanol–water partition coefficient (Wildman–Crippen LogP) is 2.01. The fourth-order valence-corrected chi connectivity index (χ4v) is 1.98. The van der Waals surface area contributed by atoms with Gasteiger partial charge in [0.25, 0.3) is 5.91 Å². The van der Waals surface area contributed by atoms with Gasteiger partial charge in [-0.25, -0.2) is 0 Å². The third-order valence-electron chi connectivity index (χ3n) is 2.97. The van der Waals surface area contributed by atoms with Gasteiger partial charge in [-0.2, -0.15) is 0 Å². The number of hydrogen-bond acceptors (Lipinski definition) is 3. The molecule has 2 rings (SSSR count). The van der Waals surface area contributed by atoms with Crippen LogP contribution in [0.3, 0.4) is 0 Å². The van der Waals surface area contributed by atoms with Gasteiger partial charge >= 0.3 is 0 Å². The lowest BCUT2D eigenvalue weighted by atomic mass is 10.1. The van der Waals surface area contributed by atoms with E-state index in [-0.39, 0.29) is 12.5 Å². The van der Waals surface area contributed by atoms with Gasteiger partial charge in [0, 0.05) is 24.4 Å².